The number of hydrogen-bond acceptors (Lipinski definition) is 1. The fourth-order valence-corrected chi connectivity index (χ4v) is 3.70. The molecule has 0 spiro atoms. The fourth-order valence-electron chi connectivity index (χ4n) is 3.50. The van der Waals surface area contributed by atoms with E-state index in [1.165, 1.54) is 37.7 Å². The Morgan fingerprint density at radius 2 is 2.00 bits per heavy atom. The second kappa shape index (κ2) is 6.08. The second-order valence-corrected chi connectivity index (χ2v) is 5.91. The number of hydrogen-bond donors (Lipinski definition) is 1. The van der Waals surface area contributed by atoms with Crippen molar-refractivity contribution in [3.8, 4) is 0 Å². The lowest BCUT2D eigenvalue weighted by Crippen LogP contribution is -2.36. The zero-order valence-corrected chi connectivity index (χ0v) is 12.3. The molecule has 1 aliphatic carbocycles. The largest absolute Gasteiger partial charge is 0.310 e. The van der Waals surface area contributed by atoms with E-state index in [0.717, 1.165) is 11.6 Å². The third-order valence-corrected chi connectivity index (χ3v) is 4.74. The molecule has 0 radical (unpaired) electrons. The van der Waals surface area contributed by atoms with Gasteiger partial charge in [-0.25, -0.2) is 0 Å². The molecule has 0 aromatic heterocycles. The minimum Gasteiger partial charge on any atom is -0.310 e. The highest BCUT2D eigenvalue weighted by molar-refractivity contribution is 6.30. The van der Waals surface area contributed by atoms with Crippen LogP contribution in [0.4, 0.5) is 0 Å². The molecule has 2 heteroatoms. The molecule has 0 heterocycles. The van der Waals surface area contributed by atoms with Gasteiger partial charge >= 0.3 is 0 Å². The first-order chi connectivity index (χ1) is 8.72. The van der Waals surface area contributed by atoms with Crippen molar-refractivity contribution >= 4 is 11.6 Å². The van der Waals surface area contributed by atoms with Crippen LogP contribution < -0.4 is 5.32 Å². The molecule has 1 aromatic carbocycles. The number of benzene rings is 1. The molecule has 1 saturated carbocycles. The monoisotopic (exact) mass is 265 g/mol. The lowest BCUT2D eigenvalue weighted by molar-refractivity contribution is 0.189. The molecule has 0 aliphatic heterocycles. The van der Waals surface area contributed by atoms with E-state index in [-0.39, 0.29) is 0 Å². The molecule has 1 N–H and O–H groups in total. The van der Waals surface area contributed by atoms with Crippen molar-refractivity contribution in [1.82, 2.24) is 5.32 Å². The molecule has 1 aliphatic rings. The average molecular weight is 266 g/mol. The van der Waals surface area contributed by atoms with E-state index >= 15 is 0 Å². The first kappa shape index (κ1) is 13.9. The van der Waals surface area contributed by atoms with E-state index in [4.69, 9.17) is 11.6 Å². The van der Waals surface area contributed by atoms with Crippen molar-refractivity contribution in [2.45, 2.75) is 52.0 Å². The van der Waals surface area contributed by atoms with Crippen molar-refractivity contribution < 1.29 is 0 Å². The Kier molecular flexibility index (Phi) is 4.69. The quantitative estimate of drug-likeness (QED) is 0.793. The van der Waals surface area contributed by atoms with Gasteiger partial charge in [0.25, 0.3) is 0 Å². The van der Waals surface area contributed by atoms with Crippen molar-refractivity contribution in [3.63, 3.8) is 0 Å². The third kappa shape index (κ3) is 2.73. The highest BCUT2D eigenvalue weighted by Crippen LogP contribution is 2.50. The van der Waals surface area contributed by atoms with Gasteiger partial charge in [0.1, 0.15) is 0 Å². The van der Waals surface area contributed by atoms with Crippen LogP contribution in [0.1, 0.15) is 57.6 Å². The van der Waals surface area contributed by atoms with Crippen LogP contribution in [-0.2, 0) is 0 Å². The standard InChI is InChI=1S/C16H24ClN/c1-3-16(10-5-6-11-16)15(18-4-2)13-8-7-9-14(17)12-13/h7-9,12,15,18H,3-6,10-11H2,1-2H3. The zero-order chi connectivity index (χ0) is 13.0. The summed E-state index contributed by atoms with van der Waals surface area (Å²) in [6.07, 6.45) is 6.67. The molecular formula is C16H24ClN. The Hall–Kier alpha value is -0.530. The molecule has 1 unspecified atom stereocenters. The molecule has 100 valence electrons. The summed E-state index contributed by atoms with van der Waals surface area (Å²) >= 11 is 6.16. The molecule has 1 aromatic rings. The maximum Gasteiger partial charge on any atom is 0.0409 e. The first-order valence-corrected chi connectivity index (χ1v) is 7.58. The first-order valence-electron chi connectivity index (χ1n) is 7.20. The van der Waals surface area contributed by atoms with Crippen LogP contribution in [0.5, 0.6) is 0 Å². The summed E-state index contributed by atoms with van der Waals surface area (Å²) in [5, 5.41) is 4.55. The van der Waals surface area contributed by atoms with Gasteiger partial charge in [-0.15, -0.1) is 0 Å². The van der Waals surface area contributed by atoms with E-state index in [1.807, 2.05) is 6.07 Å². The van der Waals surface area contributed by atoms with Crippen LogP contribution in [0.2, 0.25) is 5.02 Å². The Morgan fingerprint density at radius 3 is 2.56 bits per heavy atom. The Balaban J connectivity index is 2.32. The number of rotatable bonds is 5. The van der Waals surface area contributed by atoms with Gasteiger partial charge in [-0.1, -0.05) is 50.4 Å². The predicted octanol–water partition coefficient (Wildman–Crippen LogP) is 4.96. The second-order valence-electron chi connectivity index (χ2n) is 5.47. The Bertz CT molecular complexity index is 382. The molecule has 0 bridgehead atoms. The molecule has 1 fully saturated rings. The van der Waals surface area contributed by atoms with Crippen molar-refractivity contribution in [2.75, 3.05) is 6.54 Å². The van der Waals surface area contributed by atoms with E-state index in [2.05, 4.69) is 37.4 Å². The van der Waals surface area contributed by atoms with Gasteiger partial charge in [-0.2, -0.15) is 0 Å². The summed E-state index contributed by atoms with van der Waals surface area (Å²) in [6, 6.07) is 8.83. The topological polar surface area (TPSA) is 12.0 Å². The van der Waals surface area contributed by atoms with Crippen LogP contribution in [0.15, 0.2) is 24.3 Å². The van der Waals surface area contributed by atoms with E-state index in [1.54, 1.807) is 0 Å². The summed E-state index contributed by atoms with van der Waals surface area (Å²) in [5.74, 6) is 0. The van der Waals surface area contributed by atoms with Crippen molar-refractivity contribution in [1.29, 1.82) is 0 Å². The lowest BCUT2D eigenvalue weighted by Gasteiger charge is -2.38. The predicted molar refractivity (Wildman–Crippen MR) is 79.1 cm³/mol. The average Bonchev–Trinajstić information content (AvgIpc) is 2.85. The molecule has 1 nitrogen and oxygen atoms in total. The molecule has 1 atom stereocenters. The summed E-state index contributed by atoms with van der Waals surface area (Å²) < 4.78 is 0. The van der Waals surface area contributed by atoms with Crippen LogP contribution in [0.3, 0.4) is 0 Å². The lowest BCUT2D eigenvalue weighted by atomic mass is 9.73. The molecule has 0 amide bonds. The molecular weight excluding hydrogens is 242 g/mol. The fraction of sp³-hybridized carbons (Fsp3) is 0.625. The minimum atomic E-state index is 0.431. The SMILES string of the molecule is CCNC(c1cccc(Cl)c1)C1(CC)CCCC1. The zero-order valence-electron chi connectivity index (χ0n) is 11.5. The van der Waals surface area contributed by atoms with Gasteiger partial charge in [-0.3, -0.25) is 0 Å². The number of nitrogens with one attached hydrogen (secondary N) is 1. The Morgan fingerprint density at radius 1 is 1.28 bits per heavy atom. The van der Waals surface area contributed by atoms with E-state index < -0.39 is 0 Å². The molecule has 0 saturated heterocycles. The van der Waals surface area contributed by atoms with Gasteiger partial charge in [0.05, 0.1) is 0 Å². The van der Waals surface area contributed by atoms with E-state index in [0.29, 0.717) is 11.5 Å². The van der Waals surface area contributed by atoms with Gasteiger partial charge in [-0.05, 0) is 48.9 Å². The summed E-state index contributed by atoms with van der Waals surface area (Å²) in [4.78, 5) is 0. The summed E-state index contributed by atoms with van der Waals surface area (Å²) in [6.45, 7) is 5.54. The third-order valence-electron chi connectivity index (χ3n) is 4.51. The molecule has 18 heavy (non-hydrogen) atoms. The van der Waals surface area contributed by atoms with Crippen LogP contribution in [0, 0.1) is 5.41 Å². The highest BCUT2D eigenvalue weighted by atomic mass is 35.5. The van der Waals surface area contributed by atoms with Crippen LogP contribution in [0.25, 0.3) is 0 Å². The minimum absolute atomic E-state index is 0.431. The van der Waals surface area contributed by atoms with Gasteiger partial charge in [0.15, 0.2) is 0 Å². The van der Waals surface area contributed by atoms with Gasteiger partial charge < -0.3 is 5.32 Å². The molecule has 2 rings (SSSR count). The van der Waals surface area contributed by atoms with Crippen LogP contribution in [-0.4, -0.2) is 6.54 Å². The highest BCUT2D eigenvalue weighted by Gasteiger charge is 2.40. The normalized spacial score (nSPS) is 19.9. The smallest absolute Gasteiger partial charge is 0.0409 e. The summed E-state index contributed by atoms with van der Waals surface area (Å²) in [5.41, 5.74) is 1.79. The van der Waals surface area contributed by atoms with Gasteiger partial charge in [0.2, 0.25) is 0 Å². The number of halogens is 1. The summed E-state index contributed by atoms with van der Waals surface area (Å²) in [7, 11) is 0. The van der Waals surface area contributed by atoms with Crippen molar-refractivity contribution in [2.24, 2.45) is 5.41 Å². The van der Waals surface area contributed by atoms with Crippen molar-refractivity contribution in [3.05, 3.63) is 34.9 Å². The van der Waals surface area contributed by atoms with E-state index in [9.17, 15) is 0 Å². The maximum atomic E-state index is 6.16. The Labute approximate surface area is 116 Å². The van der Waals surface area contributed by atoms with Crippen LogP contribution >= 0.6 is 11.6 Å². The van der Waals surface area contributed by atoms with Gasteiger partial charge in [0, 0.05) is 11.1 Å². The maximum absolute atomic E-state index is 6.16.